The van der Waals surface area contributed by atoms with E-state index in [0.29, 0.717) is 17.2 Å². The molecule has 1 aliphatic rings. The first-order valence-corrected chi connectivity index (χ1v) is 8.83. The molecule has 5 heteroatoms. The van der Waals surface area contributed by atoms with E-state index in [1.165, 1.54) is 18.6 Å². The third-order valence-electron chi connectivity index (χ3n) is 4.66. The summed E-state index contributed by atoms with van der Waals surface area (Å²) in [5.74, 6) is 0.598. The second-order valence-corrected chi connectivity index (χ2v) is 6.43. The lowest BCUT2D eigenvalue weighted by Crippen LogP contribution is -2.35. The zero-order valence-corrected chi connectivity index (χ0v) is 14.3. The highest BCUT2D eigenvalue weighted by Crippen LogP contribution is 2.30. The molecule has 0 aliphatic carbocycles. The molecule has 2 heterocycles. The van der Waals surface area contributed by atoms with Crippen LogP contribution in [0.25, 0.3) is 10.8 Å². The summed E-state index contributed by atoms with van der Waals surface area (Å²) in [5.41, 5.74) is 0.592. The Bertz CT molecular complexity index is 934. The van der Waals surface area contributed by atoms with Gasteiger partial charge in [-0.1, -0.05) is 18.2 Å². The molecule has 1 fully saturated rings. The van der Waals surface area contributed by atoms with Crippen LogP contribution < -0.4 is 4.74 Å². The summed E-state index contributed by atoms with van der Waals surface area (Å²) in [6.07, 6.45) is 4.84. The van der Waals surface area contributed by atoms with Gasteiger partial charge in [0.25, 0.3) is 5.91 Å². The van der Waals surface area contributed by atoms with Crippen LogP contribution in [0.1, 0.15) is 29.6 Å². The number of halogens is 1. The van der Waals surface area contributed by atoms with Crippen LogP contribution in [0.2, 0.25) is 0 Å². The van der Waals surface area contributed by atoms with Gasteiger partial charge in [-0.2, -0.15) is 0 Å². The average molecular weight is 350 g/mol. The topological polar surface area (TPSA) is 42.4 Å². The Hall–Kier alpha value is -2.95. The molecule has 0 saturated carbocycles. The van der Waals surface area contributed by atoms with Crippen LogP contribution in [0.15, 0.2) is 54.7 Å². The first kappa shape index (κ1) is 16.5. The fourth-order valence-electron chi connectivity index (χ4n) is 3.30. The molecule has 3 aromatic rings. The molecular formula is C21H19FN2O2. The molecule has 1 aliphatic heterocycles. The van der Waals surface area contributed by atoms with Gasteiger partial charge in [-0.15, -0.1) is 0 Å². The molecular weight excluding hydrogens is 331 g/mol. The number of aromatic nitrogens is 1. The highest BCUT2D eigenvalue weighted by atomic mass is 19.1. The van der Waals surface area contributed by atoms with E-state index in [1.54, 1.807) is 18.3 Å². The highest BCUT2D eigenvalue weighted by molar-refractivity contribution is 6.07. The van der Waals surface area contributed by atoms with Crippen molar-refractivity contribution in [3.05, 3.63) is 66.1 Å². The average Bonchev–Trinajstić information content (AvgIpc) is 2.70. The van der Waals surface area contributed by atoms with Gasteiger partial charge in [0, 0.05) is 30.1 Å². The van der Waals surface area contributed by atoms with E-state index >= 15 is 0 Å². The maximum Gasteiger partial charge on any atom is 0.256 e. The van der Waals surface area contributed by atoms with Crippen molar-refractivity contribution in [2.24, 2.45) is 0 Å². The van der Waals surface area contributed by atoms with Gasteiger partial charge in [-0.05, 0) is 49.6 Å². The fourth-order valence-corrected chi connectivity index (χ4v) is 3.30. The zero-order chi connectivity index (χ0) is 17.9. The molecule has 0 unspecified atom stereocenters. The number of hydrogen-bond acceptors (Lipinski definition) is 3. The Morgan fingerprint density at radius 2 is 1.65 bits per heavy atom. The first-order valence-electron chi connectivity index (χ1n) is 8.83. The maximum atomic E-state index is 13.1. The molecule has 4 nitrogen and oxygen atoms in total. The molecule has 1 aromatic heterocycles. The predicted molar refractivity (Wildman–Crippen MR) is 98.0 cm³/mol. The third-order valence-corrected chi connectivity index (χ3v) is 4.66. The van der Waals surface area contributed by atoms with Gasteiger partial charge in [-0.25, -0.2) is 9.37 Å². The van der Waals surface area contributed by atoms with Crippen LogP contribution in [-0.2, 0) is 0 Å². The summed E-state index contributed by atoms with van der Waals surface area (Å²) in [7, 11) is 0. The summed E-state index contributed by atoms with van der Waals surface area (Å²) in [6.45, 7) is 1.59. The van der Waals surface area contributed by atoms with Crippen molar-refractivity contribution in [3.63, 3.8) is 0 Å². The van der Waals surface area contributed by atoms with Crippen molar-refractivity contribution in [1.29, 1.82) is 0 Å². The summed E-state index contributed by atoms with van der Waals surface area (Å²) >= 11 is 0. The van der Waals surface area contributed by atoms with Gasteiger partial charge in [0.1, 0.15) is 11.6 Å². The van der Waals surface area contributed by atoms with Crippen molar-refractivity contribution in [2.45, 2.75) is 19.3 Å². The van der Waals surface area contributed by atoms with E-state index in [-0.39, 0.29) is 11.7 Å². The summed E-state index contributed by atoms with van der Waals surface area (Å²) < 4.78 is 18.9. The Kier molecular flexibility index (Phi) is 4.52. The van der Waals surface area contributed by atoms with E-state index in [0.717, 1.165) is 36.7 Å². The summed E-state index contributed by atoms with van der Waals surface area (Å²) in [6, 6.07) is 13.4. The molecule has 4 rings (SSSR count). The molecule has 1 amide bonds. The van der Waals surface area contributed by atoms with E-state index < -0.39 is 0 Å². The molecule has 0 bridgehead atoms. The number of carbonyl (C=O) groups is 1. The van der Waals surface area contributed by atoms with E-state index in [1.807, 2.05) is 29.2 Å². The Labute approximate surface area is 151 Å². The van der Waals surface area contributed by atoms with Gasteiger partial charge in [0.2, 0.25) is 5.88 Å². The normalized spacial score (nSPS) is 14.4. The summed E-state index contributed by atoms with van der Waals surface area (Å²) in [4.78, 5) is 19.2. The minimum absolute atomic E-state index is 0.0155. The van der Waals surface area contributed by atoms with Crippen molar-refractivity contribution in [3.8, 4) is 11.6 Å². The first-order chi connectivity index (χ1) is 12.7. The fraction of sp³-hybridized carbons (Fsp3) is 0.238. The molecule has 132 valence electrons. The smallest absolute Gasteiger partial charge is 0.256 e. The standard InChI is InChI=1S/C21H19FN2O2/c22-15-8-10-16(11-9-15)26-20-18-7-3-2-6-17(18)19(14-23-20)21(25)24-12-4-1-5-13-24/h2-3,6-11,14H,1,4-5,12-13H2. The van der Waals surface area contributed by atoms with Gasteiger partial charge < -0.3 is 9.64 Å². The minimum atomic E-state index is -0.322. The lowest BCUT2D eigenvalue weighted by atomic mass is 10.0. The van der Waals surface area contributed by atoms with Crippen molar-refractivity contribution in [1.82, 2.24) is 9.88 Å². The lowest BCUT2D eigenvalue weighted by Gasteiger charge is -2.27. The van der Waals surface area contributed by atoms with Crippen molar-refractivity contribution >= 4 is 16.7 Å². The van der Waals surface area contributed by atoms with Gasteiger partial charge in [0.15, 0.2) is 0 Å². The van der Waals surface area contributed by atoms with E-state index in [2.05, 4.69) is 4.98 Å². The number of carbonyl (C=O) groups excluding carboxylic acids is 1. The van der Waals surface area contributed by atoms with Crippen LogP contribution in [-0.4, -0.2) is 28.9 Å². The number of rotatable bonds is 3. The zero-order valence-electron chi connectivity index (χ0n) is 14.3. The number of hydrogen-bond donors (Lipinski definition) is 0. The van der Waals surface area contributed by atoms with Crippen LogP contribution in [0, 0.1) is 5.82 Å². The van der Waals surface area contributed by atoms with Crippen LogP contribution in [0.3, 0.4) is 0 Å². The Morgan fingerprint density at radius 3 is 2.38 bits per heavy atom. The van der Waals surface area contributed by atoms with Crippen LogP contribution in [0.4, 0.5) is 4.39 Å². The number of piperidine rings is 1. The molecule has 0 radical (unpaired) electrons. The number of ether oxygens (including phenoxy) is 1. The van der Waals surface area contributed by atoms with Gasteiger partial charge in [0.05, 0.1) is 5.56 Å². The molecule has 0 N–H and O–H groups in total. The van der Waals surface area contributed by atoms with Crippen molar-refractivity contribution < 1.29 is 13.9 Å². The SMILES string of the molecule is O=C(c1cnc(Oc2ccc(F)cc2)c2ccccc12)N1CCCCC1. The second-order valence-electron chi connectivity index (χ2n) is 6.43. The number of amides is 1. The van der Waals surface area contributed by atoms with Gasteiger partial charge in [-0.3, -0.25) is 4.79 Å². The minimum Gasteiger partial charge on any atom is -0.438 e. The number of pyridine rings is 1. The number of likely N-dealkylation sites (tertiary alicyclic amines) is 1. The Balaban J connectivity index is 1.71. The molecule has 26 heavy (non-hydrogen) atoms. The monoisotopic (exact) mass is 350 g/mol. The summed E-state index contributed by atoms with van der Waals surface area (Å²) in [5, 5.41) is 1.58. The second kappa shape index (κ2) is 7.12. The molecule has 0 spiro atoms. The lowest BCUT2D eigenvalue weighted by molar-refractivity contribution is 0.0726. The predicted octanol–water partition coefficient (Wildman–Crippen LogP) is 4.79. The Morgan fingerprint density at radius 1 is 0.962 bits per heavy atom. The van der Waals surface area contributed by atoms with Crippen LogP contribution >= 0.6 is 0 Å². The quantitative estimate of drug-likeness (QED) is 0.682. The van der Waals surface area contributed by atoms with Crippen LogP contribution in [0.5, 0.6) is 11.6 Å². The number of fused-ring (bicyclic) bond motifs is 1. The highest BCUT2D eigenvalue weighted by Gasteiger charge is 2.21. The maximum absolute atomic E-state index is 13.1. The molecule has 1 saturated heterocycles. The van der Waals surface area contributed by atoms with Gasteiger partial charge >= 0.3 is 0 Å². The molecule has 0 atom stereocenters. The van der Waals surface area contributed by atoms with Crippen molar-refractivity contribution in [2.75, 3.05) is 13.1 Å². The number of benzene rings is 2. The largest absolute Gasteiger partial charge is 0.438 e. The third kappa shape index (κ3) is 3.25. The molecule has 2 aromatic carbocycles. The van der Waals surface area contributed by atoms with E-state index in [9.17, 15) is 9.18 Å². The van der Waals surface area contributed by atoms with E-state index in [4.69, 9.17) is 4.74 Å². The number of nitrogens with zero attached hydrogens (tertiary/aromatic N) is 2.